The number of anilines is 1. The van der Waals surface area contributed by atoms with E-state index < -0.39 is 29.4 Å². The van der Waals surface area contributed by atoms with Crippen molar-refractivity contribution >= 4 is 56.5 Å². The van der Waals surface area contributed by atoms with Crippen LogP contribution in [0.15, 0.2) is 45.8 Å². The molecule has 0 spiro atoms. The van der Waals surface area contributed by atoms with Crippen molar-refractivity contribution in [2.75, 3.05) is 19.0 Å². The van der Waals surface area contributed by atoms with E-state index in [0.29, 0.717) is 21.5 Å². The molecule has 1 saturated heterocycles. The molecule has 2 aromatic carbocycles. The molecule has 32 heavy (non-hydrogen) atoms. The fourth-order valence-corrected chi connectivity index (χ4v) is 4.25. The number of nitrogens with one attached hydrogen (secondary N) is 1. The molecule has 10 heteroatoms. The van der Waals surface area contributed by atoms with E-state index in [1.54, 1.807) is 18.2 Å². The molecular formula is C22H20BrFN2O5S. The Bertz CT molecular complexity index is 1110. The van der Waals surface area contributed by atoms with Crippen molar-refractivity contribution in [3.8, 4) is 11.5 Å². The smallest absolute Gasteiger partial charge is 0.294 e. The van der Waals surface area contributed by atoms with Crippen molar-refractivity contribution in [2.45, 2.75) is 20.0 Å². The van der Waals surface area contributed by atoms with E-state index >= 15 is 0 Å². The number of methoxy groups -OCH3 is 1. The summed E-state index contributed by atoms with van der Waals surface area (Å²) >= 11 is 4.16. The minimum absolute atomic E-state index is 0.0272. The van der Waals surface area contributed by atoms with Crippen LogP contribution in [-0.2, 0) is 9.59 Å². The van der Waals surface area contributed by atoms with Gasteiger partial charge in [-0.05, 0) is 77.4 Å². The van der Waals surface area contributed by atoms with E-state index in [2.05, 4.69) is 21.2 Å². The van der Waals surface area contributed by atoms with Gasteiger partial charge >= 0.3 is 0 Å². The van der Waals surface area contributed by atoms with E-state index in [4.69, 9.17) is 9.47 Å². The molecule has 168 valence electrons. The van der Waals surface area contributed by atoms with Gasteiger partial charge in [-0.2, -0.15) is 0 Å². The van der Waals surface area contributed by atoms with Crippen molar-refractivity contribution < 1.29 is 28.2 Å². The average Bonchev–Trinajstić information content (AvgIpc) is 2.98. The van der Waals surface area contributed by atoms with E-state index in [-0.39, 0.29) is 16.7 Å². The van der Waals surface area contributed by atoms with Crippen LogP contribution in [0.2, 0.25) is 0 Å². The van der Waals surface area contributed by atoms with Crippen LogP contribution in [0.3, 0.4) is 0 Å². The highest BCUT2D eigenvalue weighted by Crippen LogP contribution is 2.39. The molecule has 1 aliphatic rings. The van der Waals surface area contributed by atoms with Crippen LogP contribution in [0.1, 0.15) is 19.4 Å². The third-order valence-corrected chi connectivity index (χ3v) is 5.72. The summed E-state index contributed by atoms with van der Waals surface area (Å²) in [7, 11) is 1.50. The van der Waals surface area contributed by atoms with Crippen molar-refractivity contribution in [3.63, 3.8) is 0 Å². The lowest BCUT2D eigenvalue weighted by Gasteiger charge is -2.16. The Balaban J connectivity index is 1.77. The minimum Gasteiger partial charge on any atom is -0.493 e. The number of benzene rings is 2. The molecule has 0 unspecified atom stereocenters. The largest absolute Gasteiger partial charge is 0.493 e. The lowest BCUT2D eigenvalue weighted by atomic mass is 10.1. The molecule has 3 rings (SSSR count). The summed E-state index contributed by atoms with van der Waals surface area (Å²) in [6, 6.07) is 9.05. The van der Waals surface area contributed by atoms with Gasteiger partial charge in [-0.3, -0.25) is 19.3 Å². The SMILES string of the molecule is COc1cc(/C=C2\SC(=O)N(CC(=O)Nc3ccccc3F)C2=O)cc(Br)c1OC(C)C. The highest BCUT2D eigenvalue weighted by molar-refractivity contribution is 9.10. The molecule has 1 fully saturated rings. The number of amides is 3. The number of hydrogen-bond donors (Lipinski definition) is 1. The Labute approximate surface area is 197 Å². The molecule has 1 heterocycles. The molecule has 0 radical (unpaired) electrons. The van der Waals surface area contributed by atoms with Crippen LogP contribution in [0.4, 0.5) is 14.9 Å². The lowest BCUT2D eigenvalue weighted by Crippen LogP contribution is -2.36. The summed E-state index contributed by atoms with van der Waals surface area (Å²) in [5, 5.41) is 1.77. The second kappa shape index (κ2) is 10.2. The predicted molar refractivity (Wildman–Crippen MR) is 124 cm³/mol. The number of para-hydroxylation sites is 1. The number of imide groups is 1. The predicted octanol–water partition coefficient (Wildman–Crippen LogP) is 5.06. The maximum absolute atomic E-state index is 13.7. The molecule has 1 aliphatic heterocycles. The summed E-state index contributed by atoms with van der Waals surface area (Å²) in [6.07, 6.45) is 1.46. The van der Waals surface area contributed by atoms with Gasteiger partial charge in [0.25, 0.3) is 11.1 Å². The number of rotatable bonds is 7. The van der Waals surface area contributed by atoms with Crippen molar-refractivity contribution in [1.82, 2.24) is 4.90 Å². The van der Waals surface area contributed by atoms with Gasteiger partial charge in [-0.25, -0.2) is 4.39 Å². The topological polar surface area (TPSA) is 84.9 Å². The van der Waals surface area contributed by atoms with Gasteiger partial charge < -0.3 is 14.8 Å². The second-order valence-electron chi connectivity index (χ2n) is 7.00. The Morgan fingerprint density at radius 1 is 1.28 bits per heavy atom. The maximum Gasteiger partial charge on any atom is 0.294 e. The summed E-state index contributed by atoms with van der Waals surface area (Å²) in [5.41, 5.74) is 0.576. The molecule has 1 N–H and O–H groups in total. The summed E-state index contributed by atoms with van der Waals surface area (Å²) in [4.78, 5) is 38.3. The first-order valence-electron chi connectivity index (χ1n) is 9.53. The quantitative estimate of drug-likeness (QED) is 0.511. The Morgan fingerprint density at radius 3 is 2.66 bits per heavy atom. The van der Waals surface area contributed by atoms with Gasteiger partial charge in [0.15, 0.2) is 11.5 Å². The van der Waals surface area contributed by atoms with Crippen LogP contribution in [-0.4, -0.2) is 41.7 Å². The fourth-order valence-electron chi connectivity index (χ4n) is 2.86. The van der Waals surface area contributed by atoms with Crippen molar-refractivity contribution in [1.29, 1.82) is 0 Å². The fraction of sp³-hybridized carbons (Fsp3) is 0.227. The summed E-state index contributed by atoms with van der Waals surface area (Å²) < 4.78 is 25.5. The first-order valence-corrected chi connectivity index (χ1v) is 11.1. The number of hydrogen-bond acceptors (Lipinski definition) is 6. The standard InChI is InChI=1S/C22H20BrFN2O5S/c1-12(2)31-20-14(23)8-13(9-17(20)30-3)10-18-21(28)26(22(29)32-18)11-19(27)25-16-7-5-4-6-15(16)24/h4-10,12H,11H2,1-3H3,(H,25,27)/b18-10-. The monoisotopic (exact) mass is 522 g/mol. The number of halogens is 2. The van der Waals surface area contributed by atoms with Gasteiger partial charge in [0.1, 0.15) is 12.4 Å². The van der Waals surface area contributed by atoms with Crippen LogP contribution in [0.25, 0.3) is 6.08 Å². The molecule has 0 aromatic heterocycles. The van der Waals surface area contributed by atoms with Gasteiger partial charge in [0.2, 0.25) is 5.91 Å². The van der Waals surface area contributed by atoms with Crippen LogP contribution in [0.5, 0.6) is 11.5 Å². The molecule has 0 aliphatic carbocycles. The number of nitrogens with zero attached hydrogens (tertiary/aromatic N) is 1. The highest BCUT2D eigenvalue weighted by atomic mass is 79.9. The number of carbonyl (C=O) groups excluding carboxylic acids is 3. The zero-order valence-electron chi connectivity index (χ0n) is 17.5. The molecule has 3 amide bonds. The van der Waals surface area contributed by atoms with E-state index in [9.17, 15) is 18.8 Å². The zero-order chi connectivity index (χ0) is 23.4. The molecule has 2 aromatic rings. The Kier molecular flexibility index (Phi) is 7.57. The van der Waals surface area contributed by atoms with Gasteiger partial charge in [0, 0.05) is 0 Å². The highest BCUT2D eigenvalue weighted by Gasteiger charge is 2.36. The van der Waals surface area contributed by atoms with Crippen LogP contribution in [0, 0.1) is 5.82 Å². The van der Waals surface area contributed by atoms with E-state index in [1.165, 1.54) is 31.4 Å². The normalized spacial score (nSPS) is 14.9. The second-order valence-corrected chi connectivity index (χ2v) is 8.84. The third-order valence-electron chi connectivity index (χ3n) is 4.23. The number of carbonyl (C=O) groups is 3. The first kappa shape index (κ1) is 23.8. The minimum atomic E-state index is -0.682. The van der Waals surface area contributed by atoms with Crippen LogP contribution >= 0.6 is 27.7 Å². The van der Waals surface area contributed by atoms with Crippen molar-refractivity contribution in [2.24, 2.45) is 0 Å². The maximum atomic E-state index is 13.7. The first-order chi connectivity index (χ1) is 15.2. The van der Waals surface area contributed by atoms with E-state index in [0.717, 1.165) is 16.7 Å². The average molecular weight is 523 g/mol. The summed E-state index contributed by atoms with van der Waals surface area (Å²) in [6.45, 7) is 3.25. The Morgan fingerprint density at radius 2 is 2.00 bits per heavy atom. The van der Waals surface area contributed by atoms with Gasteiger partial charge in [0.05, 0.1) is 28.3 Å². The van der Waals surface area contributed by atoms with Gasteiger partial charge in [-0.1, -0.05) is 12.1 Å². The molecule has 0 atom stereocenters. The van der Waals surface area contributed by atoms with Gasteiger partial charge in [-0.15, -0.1) is 0 Å². The van der Waals surface area contributed by atoms with E-state index in [1.807, 2.05) is 13.8 Å². The third kappa shape index (κ3) is 5.49. The number of thioether (sulfide) groups is 1. The zero-order valence-corrected chi connectivity index (χ0v) is 19.9. The van der Waals surface area contributed by atoms with Crippen molar-refractivity contribution in [3.05, 3.63) is 57.2 Å². The molecule has 0 bridgehead atoms. The molecule has 7 nitrogen and oxygen atoms in total. The molecular weight excluding hydrogens is 503 g/mol. The number of ether oxygens (including phenoxy) is 2. The summed E-state index contributed by atoms with van der Waals surface area (Å²) in [5.74, 6) is -0.917. The van der Waals surface area contributed by atoms with Crippen LogP contribution < -0.4 is 14.8 Å². The lowest BCUT2D eigenvalue weighted by molar-refractivity contribution is -0.127. The Hall–Kier alpha value is -2.85. The molecule has 0 saturated carbocycles.